The fourth-order valence-electron chi connectivity index (χ4n) is 3.65. The second-order valence-corrected chi connectivity index (χ2v) is 7.86. The minimum Gasteiger partial charge on any atom is -0.351 e. The van der Waals surface area contributed by atoms with E-state index in [4.69, 9.17) is 0 Å². The summed E-state index contributed by atoms with van der Waals surface area (Å²) in [4.78, 5) is 14.3. The number of thioether (sulfide) groups is 1. The fourth-order valence-corrected chi connectivity index (χ4v) is 4.00. The maximum absolute atomic E-state index is 11.7. The average Bonchev–Trinajstić information content (AvgIpc) is 2.59. The van der Waals surface area contributed by atoms with E-state index in [0.717, 1.165) is 26.1 Å². The molecular formula is C19H29N3OS. The Hall–Kier alpha value is -1.04. The van der Waals surface area contributed by atoms with Gasteiger partial charge in [-0.2, -0.15) is 11.8 Å². The third-order valence-corrected chi connectivity index (χ3v) is 5.73. The average molecular weight is 348 g/mol. The van der Waals surface area contributed by atoms with E-state index >= 15 is 0 Å². The molecule has 5 heteroatoms. The molecule has 1 saturated carbocycles. The van der Waals surface area contributed by atoms with Crippen LogP contribution in [0.1, 0.15) is 31.2 Å². The molecule has 4 nitrogen and oxygen atoms in total. The third-order valence-electron chi connectivity index (χ3n) is 5.18. The molecule has 0 radical (unpaired) electrons. The van der Waals surface area contributed by atoms with Crippen molar-refractivity contribution < 1.29 is 4.79 Å². The molecule has 2 N–H and O–H groups in total. The Bertz CT molecular complexity index is 517. The van der Waals surface area contributed by atoms with Crippen LogP contribution in [0.5, 0.6) is 0 Å². The summed E-state index contributed by atoms with van der Waals surface area (Å²) >= 11 is 1.59. The molecule has 1 aliphatic carbocycles. The lowest BCUT2D eigenvalue weighted by Crippen LogP contribution is -2.60. The van der Waals surface area contributed by atoms with Gasteiger partial charge in [0, 0.05) is 24.7 Å². The molecule has 1 aliphatic heterocycles. The Morgan fingerprint density at radius 2 is 1.83 bits per heavy atom. The molecule has 24 heavy (non-hydrogen) atoms. The van der Waals surface area contributed by atoms with E-state index in [1.54, 1.807) is 11.8 Å². The summed E-state index contributed by atoms with van der Waals surface area (Å²) in [6.07, 6.45) is 6.68. The van der Waals surface area contributed by atoms with E-state index in [1.165, 1.54) is 24.8 Å². The number of hydrogen-bond donors (Lipinski definition) is 2. The van der Waals surface area contributed by atoms with Gasteiger partial charge in [0.15, 0.2) is 0 Å². The Kier molecular flexibility index (Phi) is 6.58. The molecule has 3 rings (SSSR count). The molecule has 0 aromatic heterocycles. The molecule has 2 aliphatic rings. The topological polar surface area (TPSA) is 44.4 Å². The van der Waals surface area contributed by atoms with E-state index < -0.39 is 0 Å². The number of amides is 1. The smallest absolute Gasteiger partial charge is 0.230 e. The highest BCUT2D eigenvalue weighted by molar-refractivity contribution is 7.99. The molecule has 0 spiro atoms. The minimum absolute atomic E-state index is 0.177. The monoisotopic (exact) mass is 347 g/mol. The molecule has 132 valence electrons. The molecule has 0 bridgehead atoms. The van der Waals surface area contributed by atoms with Crippen LogP contribution < -0.4 is 10.6 Å². The van der Waals surface area contributed by atoms with Gasteiger partial charge in [-0.1, -0.05) is 30.3 Å². The molecule has 2 atom stereocenters. The third kappa shape index (κ3) is 4.98. The van der Waals surface area contributed by atoms with Crippen LogP contribution in [-0.4, -0.2) is 54.0 Å². The predicted octanol–water partition coefficient (Wildman–Crippen LogP) is 2.25. The molecule has 1 aromatic rings. The van der Waals surface area contributed by atoms with Crippen molar-refractivity contribution in [3.05, 3.63) is 35.9 Å². The summed E-state index contributed by atoms with van der Waals surface area (Å²) in [6.45, 7) is 3.37. The van der Waals surface area contributed by atoms with Crippen LogP contribution in [0.4, 0.5) is 0 Å². The lowest BCUT2D eigenvalue weighted by Gasteiger charge is -2.42. The van der Waals surface area contributed by atoms with Crippen molar-refractivity contribution in [2.24, 2.45) is 0 Å². The number of benzene rings is 1. The minimum atomic E-state index is 0.177. The number of carbonyl (C=O) groups is 1. The van der Waals surface area contributed by atoms with Gasteiger partial charge in [-0.15, -0.1) is 0 Å². The van der Waals surface area contributed by atoms with Crippen molar-refractivity contribution in [1.29, 1.82) is 0 Å². The highest BCUT2D eigenvalue weighted by Gasteiger charge is 2.34. The van der Waals surface area contributed by atoms with Crippen molar-refractivity contribution in [2.75, 3.05) is 25.1 Å². The van der Waals surface area contributed by atoms with Crippen molar-refractivity contribution in [3.8, 4) is 0 Å². The molecular weight excluding hydrogens is 318 g/mol. The van der Waals surface area contributed by atoms with E-state index in [0.29, 0.717) is 23.9 Å². The summed E-state index contributed by atoms with van der Waals surface area (Å²) < 4.78 is 0. The van der Waals surface area contributed by atoms with Crippen LogP contribution in [0.3, 0.4) is 0 Å². The van der Waals surface area contributed by atoms with Gasteiger partial charge < -0.3 is 10.6 Å². The van der Waals surface area contributed by atoms with Gasteiger partial charge in [0.2, 0.25) is 5.91 Å². The lowest BCUT2D eigenvalue weighted by atomic mass is 9.85. The Balaban J connectivity index is 1.37. The van der Waals surface area contributed by atoms with Crippen LogP contribution in [-0.2, 0) is 11.3 Å². The summed E-state index contributed by atoms with van der Waals surface area (Å²) in [5, 5.41) is 6.95. The number of rotatable bonds is 7. The summed E-state index contributed by atoms with van der Waals surface area (Å²) in [7, 11) is 0. The predicted molar refractivity (Wildman–Crippen MR) is 101 cm³/mol. The van der Waals surface area contributed by atoms with E-state index in [-0.39, 0.29) is 5.91 Å². The van der Waals surface area contributed by atoms with Gasteiger partial charge in [0.25, 0.3) is 0 Å². The second-order valence-electron chi connectivity index (χ2n) is 6.99. The first-order chi connectivity index (χ1) is 11.7. The van der Waals surface area contributed by atoms with Crippen LogP contribution in [0.15, 0.2) is 30.3 Å². The zero-order valence-corrected chi connectivity index (χ0v) is 15.4. The van der Waals surface area contributed by atoms with Gasteiger partial charge in [-0.3, -0.25) is 9.69 Å². The molecule has 1 amide bonds. The van der Waals surface area contributed by atoms with Crippen LogP contribution in [0.2, 0.25) is 0 Å². The maximum atomic E-state index is 11.7. The zero-order valence-electron chi connectivity index (χ0n) is 14.5. The summed E-state index contributed by atoms with van der Waals surface area (Å²) in [5.74, 6) is 0.748. The first-order valence-corrected chi connectivity index (χ1v) is 10.4. The van der Waals surface area contributed by atoms with Gasteiger partial charge >= 0.3 is 0 Å². The normalized spacial score (nSPS) is 25.2. The Morgan fingerprint density at radius 3 is 2.46 bits per heavy atom. The molecule has 2 fully saturated rings. The maximum Gasteiger partial charge on any atom is 0.230 e. The van der Waals surface area contributed by atoms with Gasteiger partial charge in [0.1, 0.15) is 0 Å². The zero-order chi connectivity index (χ0) is 16.8. The number of likely N-dealkylation sites (tertiary alicyclic amines) is 1. The second kappa shape index (κ2) is 8.88. The fraction of sp³-hybridized carbons (Fsp3) is 0.632. The van der Waals surface area contributed by atoms with E-state index in [1.807, 2.05) is 6.26 Å². The van der Waals surface area contributed by atoms with Gasteiger partial charge in [-0.05, 0) is 50.6 Å². The largest absolute Gasteiger partial charge is 0.351 e. The molecule has 0 unspecified atom stereocenters. The molecule has 1 heterocycles. The standard InChI is InChI=1S/C19H29N3OS/c1-24-14-19(23)21-18-8-7-17(18)20-16-9-11-22(12-10-16)13-15-5-3-2-4-6-15/h2-6,16-18,20H,7-14H2,1H3,(H,21,23)/t17-,18+/m0/s1. The number of nitrogens with one attached hydrogen (secondary N) is 2. The van der Waals surface area contributed by atoms with Gasteiger partial charge in [-0.25, -0.2) is 0 Å². The lowest BCUT2D eigenvalue weighted by molar-refractivity contribution is -0.120. The first kappa shape index (κ1) is 17.8. The van der Waals surface area contributed by atoms with Crippen molar-refractivity contribution in [3.63, 3.8) is 0 Å². The van der Waals surface area contributed by atoms with Crippen molar-refractivity contribution >= 4 is 17.7 Å². The number of piperidine rings is 1. The SMILES string of the molecule is CSCC(=O)N[C@@H]1CC[C@@H]1NC1CCN(Cc2ccccc2)CC1. The van der Waals surface area contributed by atoms with Crippen LogP contribution in [0.25, 0.3) is 0 Å². The van der Waals surface area contributed by atoms with Crippen LogP contribution >= 0.6 is 11.8 Å². The van der Waals surface area contributed by atoms with E-state index in [2.05, 4.69) is 45.9 Å². The summed E-state index contributed by atoms with van der Waals surface area (Å²) in [5.41, 5.74) is 1.40. The van der Waals surface area contributed by atoms with Crippen molar-refractivity contribution in [2.45, 2.75) is 50.4 Å². The Morgan fingerprint density at radius 1 is 1.12 bits per heavy atom. The van der Waals surface area contributed by atoms with E-state index in [9.17, 15) is 4.79 Å². The first-order valence-electron chi connectivity index (χ1n) is 9.05. The quantitative estimate of drug-likeness (QED) is 0.794. The highest BCUT2D eigenvalue weighted by Crippen LogP contribution is 2.23. The number of nitrogens with zero attached hydrogens (tertiary/aromatic N) is 1. The summed E-state index contributed by atoms with van der Waals surface area (Å²) in [6, 6.07) is 12.1. The van der Waals surface area contributed by atoms with Crippen molar-refractivity contribution in [1.82, 2.24) is 15.5 Å². The molecule has 1 aromatic carbocycles. The Labute approximate surface area is 149 Å². The van der Waals surface area contributed by atoms with Gasteiger partial charge in [0.05, 0.1) is 5.75 Å². The number of hydrogen-bond acceptors (Lipinski definition) is 4. The molecule has 1 saturated heterocycles. The van der Waals surface area contributed by atoms with Crippen LogP contribution in [0, 0.1) is 0 Å². The highest BCUT2D eigenvalue weighted by atomic mass is 32.2. The number of carbonyl (C=O) groups excluding carboxylic acids is 1.